The molecule has 1 aromatic heterocycles. The highest BCUT2D eigenvalue weighted by Gasteiger charge is 2.22. The van der Waals surface area contributed by atoms with Crippen LogP contribution in [0.2, 0.25) is 0 Å². The van der Waals surface area contributed by atoms with E-state index in [1.807, 2.05) is 12.1 Å². The van der Waals surface area contributed by atoms with Crippen LogP contribution in [0.5, 0.6) is 0 Å². The molecule has 5 heteroatoms. The summed E-state index contributed by atoms with van der Waals surface area (Å²) in [6.07, 6.45) is 8.10. The summed E-state index contributed by atoms with van der Waals surface area (Å²) >= 11 is 0. The lowest BCUT2D eigenvalue weighted by Crippen LogP contribution is -2.28. The first-order valence-corrected chi connectivity index (χ1v) is 8.38. The third-order valence-electron chi connectivity index (χ3n) is 4.29. The molecule has 1 atom stereocenters. The van der Waals surface area contributed by atoms with Gasteiger partial charge in [-0.25, -0.2) is 9.37 Å². The number of aromatic nitrogens is 2. The number of nitrogens with one attached hydrogen (secondary N) is 1. The summed E-state index contributed by atoms with van der Waals surface area (Å²) < 4.78 is 13.2. The molecule has 0 radical (unpaired) electrons. The van der Waals surface area contributed by atoms with Crippen molar-refractivity contribution in [3.63, 3.8) is 0 Å². The molecule has 0 saturated carbocycles. The zero-order valence-corrected chi connectivity index (χ0v) is 13.8. The summed E-state index contributed by atoms with van der Waals surface area (Å²) in [5, 5.41) is 3.45. The van der Waals surface area contributed by atoms with E-state index in [4.69, 9.17) is 0 Å². The van der Waals surface area contributed by atoms with Gasteiger partial charge in [-0.3, -0.25) is 4.98 Å². The average Bonchev–Trinajstić information content (AvgIpc) is 3.03. The fraction of sp³-hybridized carbons (Fsp3) is 0.368. The molecular weight excluding hydrogens is 303 g/mol. The molecule has 0 spiro atoms. The zero-order valence-electron chi connectivity index (χ0n) is 13.8. The molecule has 0 aliphatic carbocycles. The molecular formula is C19H23FN4. The van der Waals surface area contributed by atoms with Crippen LogP contribution in [-0.4, -0.2) is 40.5 Å². The van der Waals surface area contributed by atoms with Gasteiger partial charge in [0.15, 0.2) is 0 Å². The number of anilines is 1. The summed E-state index contributed by atoms with van der Waals surface area (Å²) in [5.41, 5.74) is 1.98. The Morgan fingerprint density at radius 3 is 3.00 bits per heavy atom. The van der Waals surface area contributed by atoms with E-state index in [9.17, 15) is 4.39 Å². The Kier molecular flexibility index (Phi) is 5.54. The average molecular weight is 326 g/mol. The maximum absolute atomic E-state index is 13.2. The zero-order chi connectivity index (χ0) is 16.8. The van der Waals surface area contributed by atoms with E-state index in [0.29, 0.717) is 6.04 Å². The second-order valence-corrected chi connectivity index (χ2v) is 6.20. The van der Waals surface area contributed by atoms with Crippen molar-refractivity contribution >= 4 is 5.82 Å². The molecule has 1 N–H and O–H groups in total. The lowest BCUT2D eigenvalue weighted by atomic mass is 10.1. The van der Waals surface area contributed by atoms with Crippen LogP contribution in [0, 0.1) is 5.82 Å². The maximum Gasteiger partial charge on any atom is 0.144 e. The van der Waals surface area contributed by atoms with Gasteiger partial charge in [-0.05, 0) is 30.5 Å². The van der Waals surface area contributed by atoms with E-state index in [0.717, 1.165) is 56.0 Å². The number of halogens is 1. The minimum atomic E-state index is -0.160. The number of likely N-dealkylation sites (tertiary alicyclic amines) is 1. The number of hydrogen-bond acceptors (Lipinski definition) is 4. The van der Waals surface area contributed by atoms with Gasteiger partial charge >= 0.3 is 0 Å². The lowest BCUT2D eigenvalue weighted by Gasteiger charge is -2.17. The van der Waals surface area contributed by atoms with Crippen LogP contribution >= 0.6 is 0 Å². The first-order valence-electron chi connectivity index (χ1n) is 8.38. The lowest BCUT2D eigenvalue weighted by molar-refractivity contribution is 0.340. The van der Waals surface area contributed by atoms with Gasteiger partial charge in [-0.15, -0.1) is 6.58 Å². The number of benzene rings is 1. The molecule has 1 saturated heterocycles. The first-order chi connectivity index (χ1) is 11.7. The highest BCUT2D eigenvalue weighted by molar-refractivity contribution is 5.33. The van der Waals surface area contributed by atoms with Gasteiger partial charge < -0.3 is 10.2 Å². The first kappa shape index (κ1) is 16.6. The van der Waals surface area contributed by atoms with Crippen molar-refractivity contribution in [1.82, 2.24) is 14.9 Å². The van der Waals surface area contributed by atoms with Crippen molar-refractivity contribution in [3.8, 4) is 0 Å². The molecule has 126 valence electrons. The van der Waals surface area contributed by atoms with Crippen LogP contribution in [0.25, 0.3) is 0 Å². The number of rotatable bonds is 7. The van der Waals surface area contributed by atoms with Crippen LogP contribution in [0.3, 0.4) is 0 Å². The molecule has 0 unspecified atom stereocenters. The van der Waals surface area contributed by atoms with Crippen LogP contribution in [0.1, 0.15) is 17.7 Å². The molecule has 1 aromatic carbocycles. The van der Waals surface area contributed by atoms with Crippen LogP contribution in [0.4, 0.5) is 10.2 Å². The maximum atomic E-state index is 13.2. The largest absolute Gasteiger partial charge is 0.365 e. The van der Waals surface area contributed by atoms with Gasteiger partial charge in [0.05, 0.1) is 18.1 Å². The topological polar surface area (TPSA) is 41.1 Å². The van der Waals surface area contributed by atoms with Crippen LogP contribution in [-0.2, 0) is 12.8 Å². The highest BCUT2D eigenvalue weighted by Crippen LogP contribution is 2.15. The van der Waals surface area contributed by atoms with E-state index in [1.165, 1.54) is 6.07 Å². The summed E-state index contributed by atoms with van der Waals surface area (Å²) in [7, 11) is 0. The van der Waals surface area contributed by atoms with Crippen LogP contribution < -0.4 is 5.32 Å². The van der Waals surface area contributed by atoms with Crippen molar-refractivity contribution in [2.45, 2.75) is 25.3 Å². The fourth-order valence-corrected chi connectivity index (χ4v) is 3.02. The normalized spacial score (nSPS) is 17.8. The number of hydrogen-bond donors (Lipinski definition) is 1. The monoisotopic (exact) mass is 326 g/mol. The van der Waals surface area contributed by atoms with Gasteiger partial charge in [0.1, 0.15) is 11.6 Å². The number of allylic oxidation sites excluding steroid dienone is 1. The van der Waals surface area contributed by atoms with Crippen molar-refractivity contribution in [3.05, 3.63) is 66.4 Å². The summed E-state index contributed by atoms with van der Waals surface area (Å²) in [4.78, 5) is 11.2. The third-order valence-corrected chi connectivity index (χ3v) is 4.29. The quantitative estimate of drug-likeness (QED) is 0.794. The second kappa shape index (κ2) is 8.02. The molecule has 1 fully saturated rings. The predicted molar refractivity (Wildman–Crippen MR) is 94.5 cm³/mol. The predicted octanol–water partition coefficient (Wildman–Crippen LogP) is 3.07. The van der Waals surface area contributed by atoms with E-state index in [1.54, 1.807) is 24.5 Å². The van der Waals surface area contributed by atoms with Crippen molar-refractivity contribution in [1.29, 1.82) is 0 Å². The molecule has 2 aromatic rings. The van der Waals surface area contributed by atoms with Crippen molar-refractivity contribution in [2.24, 2.45) is 0 Å². The van der Waals surface area contributed by atoms with Crippen molar-refractivity contribution in [2.75, 3.05) is 25.0 Å². The van der Waals surface area contributed by atoms with Crippen molar-refractivity contribution < 1.29 is 4.39 Å². The molecule has 1 aliphatic heterocycles. The number of nitrogens with zero attached hydrogens (tertiary/aromatic N) is 3. The van der Waals surface area contributed by atoms with Crippen LogP contribution in [0.15, 0.2) is 49.3 Å². The van der Waals surface area contributed by atoms with E-state index < -0.39 is 0 Å². The second-order valence-electron chi connectivity index (χ2n) is 6.20. The Morgan fingerprint density at radius 1 is 1.33 bits per heavy atom. The molecule has 1 aliphatic rings. The summed E-state index contributed by atoms with van der Waals surface area (Å²) in [6.45, 7) is 6.68. The van der Waals surface area contributed by atoms with Gasteiger partial charge in [-0.2, -0.15) is 0 Å². The fourth-order valence-electron chi connectivity index (χ4n) is 3.02. The minimum absolute atomic E-state index is 0.160. The van der Waals surface area contributed by atoms with Gasteiger partial charge in [0, 0.05) is 32.1 Å². The Labute approximate surface area is 142 Å². The Morgan fingerprint density at radius 2 is 2.25 bits per heavy atom. The Balaban J connectivity index is 1.45. The minimum Gasteiger partial charge on any atom is -0.365 e. The molecule has 4 nitrogen and oxygen atoms in total. The summed E-state index contributed by atoms with van der Waals surface area (Å²) in [6, 6.07) is 7.24. The Hall–Kier alpha value is -2.27. The smallest absolute Gasteiger partial charge is 0.144 e. The third kappa shape index (κ3) is 4.61. The van der Waals surface area contributed by atoms with E-state index >= 15 is 0 Å². The molecule has 0 amide bonds. The SMILES string of the molecule is C=CCc1cnc(N[C@@H]2CCN(CCc3cccc(F)c3)C2)cn1. The highest BCUT2D eigenvalue weighted by atomic mass is 19.1. The summed E-state index contributed by atoms with van der Waals surface area (Å²) in [5.74, 6) is 0.659. The molecule has 0 bridgehead atoms. The Bertz CT molecular complexity index is 671. The molecule has 3 rings (SSSR count). The van der Waals surface area contributed by atoms with E-state index in [-0.39, 0.29) is 5.82 Å². The standard InChI is InChI=1S/C19H23FN4/c1-2-4-17-12-22-19(13-21-17)23-18-8-10-24(14-18)9-7-15-5-3-6-16(20)11-15/h2-3,5-6,11-13,18H,1,4,7-10,14H2,(H,22,23)/t18-/m1/s1. The van der Waals surface area contributed by atoms with Gasteiger partial charge in [0.25, 0.3) is 0 Å². The molecule has 24 heavy (non-hydrogen) atoms. The van der Waals surface area contributed by atoms with Gasteiger partial charge in [0.2, 0.25) is 0 Å². The molecule has 2 heterocycles. The van der Waals surface area contributed by atoms with E-state index in [2.05, 4.69) is 26.8 Å². The van der Waals surface area contributed by atoms with Gasteiger partial charge in [-0.1, -0.05) is 18.2 Å².